The van der Waals surface area contributed by atoms with Crippen molar-refractivity contribution in [2.24, 2.45) is 0 Å². The fourth-order valence-electron chi connectivity index (χ4n) is 4.25. The summed E-state index contributed by atoms with van der Waals surface area (Å²) in [6, 6.07) is 7.60. The molecule has 0 bridgehead atoms. The highest BCUT2D eigenvalue weighted by atomic mass is 16.5. The lowest BCUT2D eigenvalue weighted by atomic mass is 10.1. The van der Waals surface area contributed by atoms with Gasteiger partial charge < -0.3 is 14.4 Å². The lowest BCUT2D eigenvalue weighted by Crippen LogP contribution is -2.31. The van der Waals surface area contributed by atoms with Gasteiger partial charge in [0, 0.05) is 6.54 Å². The summed E-state index contributed by atoms with van der Waals surface area (Å²) in [6.07, 6.45) is 17.5. The first-order chi connectivity index (χ1) is 15.8. The SMILES string of the molecule is CCCCCCCCCCCCOc1ccccc1NC(=O)OCCCN1CCCCC1. The van der Waals surface area contributed by atoms with Gasteiger partial charge in [0.15, 0.2) is 0 Å². The Morgan fingerprint density at radius 2 is 1.50 bits per heavy atom. The van der Waals surface area contributed by atoms with E-state index in [4.69, 9.17) is 9.47 Å². The molecule has 0 aromatic heterocycles. The molecule has 1 aliphatic rings. The van der Waals surface area contributed by atoms with Crippen LogP contribution in [0.3, 0.4) is 0 Å². The monoisotopic (exact) mass is 446 g/mol. The molecule has 0 saturated carbocycles. The van der Waals surface area contributed by atoms with Gasteiger partial charge in [-0.05, 0) is 50.9 Å². The van der Waals surface area contributed by atoms with Crippen LogP contribution in [-0.2, 0) is 4.74 Å². The van der Waals surface area contributed by atoms with E-state index < -0.39 is 6.09 Å². The van der Waals surface area contributed by atoms with Crippen LogP contribution in [0.5, 0.6) is 5.75 Å². The fourth-order valence-corrected chi connectivity index (χ4v) is 4.25. The van der Waals surface area contributed by atoms with Crippen molar-refractivity contribution in [3.8, 4) is 5.75 Å². The van der Waals surface area contributed by atoms with Crippen LogP contribution in [0, 0.1) is 0 Å². The van der Waals surface area contributed by atoms with Crippen molar-refractivity contribution in [2.45, 2.75) is 96.8 Å². The predicted octanol–water partition coefficient (Wildman–Crippen LogP) is 7.41. The molecule has 1 N–H and O–H groups in total. The lowest BCUT2D eigenvalue weighted by molar-refractivity contribution is 0.148. The molecule has 0 spiro atoms. The summed E-state index contributed by atoms with van der Waals surface area (Å²) in [5.74, 6) is 0.716. The third-order valence-corrected chi connectivity index (χ3v) is 6.18. The number of carbonyl (C=O) groups is 1. The van der Waals surface area contributed by atoms with Gasteiger partial charge >= 0.3 is 6.09 Å². The Bertz CT molecular complexity index is 602. The third kappa shape index (κ3) is 12.3. The van der Waals surface area contributed by atoms with Gasteiger partial charge in [-0.2, -0.15) is 0 Å². The van der Waals surface area contributed by atoms with E-state index in [9.17, 15) is 4.79 Å². The first-order valence-corrected chi connectivity index (χ1v) is 13.2. The number of nitrogens with one attached hydrogen (secondary N) is 1. The normalized spacial score (nSPS) is 14.3. The van der Waals surface area contributed by atoms with E-state index in [0.717, 1.165) is 19.4 Å². The molecule has 1 saturated heterocycles. The van der Waals surface area contributed by atoms with Crippen LogP contribution in [-0.4, -0.2) is 43.8 Å². The molecule has 1 fully saturated rings. The van der Waals surface area contributed by atoms with E-state index in [1.54, 1.807) is 0 Å². The van der Waals surface area contributed by atoms with Crippen LogP contribution >= 0.6 is 0 Å². The number of rotatable bonds is 17. The molecule has 5 heteroatoms. The number of hydrogen-bond acceptors (Lipinski definition) is 4. The molecule has 1 heterocycles. The summed E-state index contributed by atoms with van der Waals surface area (Å²) < 4.78 is 11.3. The average molecular weight is 447 g/mol. The summed E-state index contributed by atoms with van der Waals surface area (Å²) in [4.78, 5) is 14.6. The highest BCUT2D eigenvalue weighted by molar-refractivity contribution is 5.86. The van der Waals surface area contributed by atoms with Gasteiger partial charge in [-0.1, -0.05) is 83.3 Å². The van der Waals surface area contributed by atoms with Crippen LogP contribution in [0.2, 0.25) is 0 Å². The summed E-state index contributed by atoms with van der Waals surface area (Å²) in [7, 11) is 0. The number of para-hydroxylation sites is 2. The number of likely N-dealkylation sites (tertiary alicyclic amines) is 1. The largest absolute Gasteiger partial charge is 0.491 e. The summed E-state index contributed by atoms with van der Waals surface area (Å²) in [5, 5.41) is 2.84. The number of nitrogens with zero attached hydrogens (tertiary/aromatic N) is 1. The molecule has 1 amide bonds. The van der Waals surface area contributed by atoms with E-state index >= 15 is 0 Å². The Labute approximate surface area is 196 Å². The van der Waals surface area contributed by atoms with Crippen LogP contribution in [0.1, 0.15) is 96.8 Å². The maximum Gasteiger partial charge on any atom is 0.411 e. The number of benzene rings is 1. The van der Waals surface area contributed by atoms with Gasteiger partial charge in [-0.3, -0.25) is 5.32 Å². The maximum absolute atomic E-state index is 12.2. The molecule has 0 unspecified atom stereocenters. The Kier molecular flexibility index (Phi) is 14.7. The third-order valence-electron chi connectivity index (χ3n) is 6.18. The molecule has 1 aromatic carbocycles. The Morgan fingerprint density at radius 1 is 0.844 bits per heavy atom. The smallest absolute Gasteiger partial charge is 0.411 e. The lowest BCUT2D eigenvalue weighted by Gasteiger charge is -2.26. The van der Waals surface area contributed by atoms with Crippen molar-refractivity contribution in [3.05, 3.63) is 24.3 Å². The molecule has 182 valence electrons. The van der Waals surface area contributed by atoms with Crippen LogP contribution in [0.4, 0.5) is 10.5 Å². The van der Waals surface area contributed by atoms with E-state index in [0.29, 0.717) is 24.7 Å². The molecular weight excluding hydrogens is 400 g/mol. The number of hydrogen-bond donors (Lipinski definition) is 1. The Hall–Kier alpha value is -1.75. The topological polar surface area (TPSA) is 50.8 Å². The minimum Gasteiger partial charge on any atom is -0.491 e. The molecular formula is C27H46N2O3. The van der Waals surface area contributed by atoms with Gasteiger partial charge in [0.1, 0.15) is 5.75 Å². The fraction of sp³-hybridized carbons (Fsp3) is 0.741. The highest BCUT2D eigenvalue weighted by Crippen LogP contribution is 2.24. The summed E-state index contributed by atoms with van der Waals surface area (Å²) >= 11 is 0. The molecule has 1 aromatic rings. The van der Waals surface area contributed by atoms with Crippen molar-refractivity contribution in [2.75, 3.05) is 38.2 Å². The van der Waals surface area contributed by atoms with Crippen molar-refractivity contribution in [1.29, 1.82) is 0 Å². The molecule has 32 heavy (non-hydrogen) atoms. The number of piperidine rings is 1. The van der Waals surface area contributed by atoms with Crippen molar-refractivity contribution < 1.29 is 14.3 Å². The Balaban J connectivity index is 1.53. The first-order valence-electron chi connectivity index (χ1n) is 13.2. The van der Waals surface area contributed by atoms with E-state index in [1.165, 1.54) is 90.1 Å². The number of carbonyl (C=O) groups excluding carboxylic acids is 1. The number of ether oxygens (including phenoxy) is 2. The standard InChI is InChI=1S/C27H46N2O3/c1-2-3-4-5-6-7-8-9-10-16-23-31-26-19-13-12-18-25(26)28-27(30)32-24-17-22-29-20-14-11-15-21-29/h12-13,18-19H,2-11,14-17,20-24H2,1H3,(H,28,30). The second-order valence-corrected chi connectivity index (χ2v) is 9.04. The van der Waals surface area contributed by atoms with E-state index in [-0.39, 0.29) is 0 Å². The zero-order valence-corrected chi connectivity index (χ0v) is 20.4. The molecule has 5 nitrogen and oxygen atoms in total. The second kappa shape index (κ2) is 17.8. The van der Waals surface area contributed by atoms with Gasteiger partial charge in [-0.25, -0.2) is 4.79 Å². The van der Waals surface area contributed by atoms with Crippen LogP contribution in [0.25, 0.3) is 0 Å². The highest BCUT2D eigenvalue weighted by Gasteiger charge is 2.11. The molecule has 0 atom stereocenters. The van der Waals surface area contributed by atoms with Crippen molar-refractivity contribution in [3.63, 3.8) is 0 Å². The van der Waals surface area contributed by atoms with Gasteiger partial charge in [0.05, 0.1) is 18.9 Å². The zero-order valence-electron chi connectivity index (χ0n) is 20.4. The zero-order chi connectivity index (χ0) is 22.7. The van der Waals surface area contributed by atoms with Gasteiger partial charge in [0.2, 0.25) is 0 Å². The van der Waals surface area contributed by atoms with Crippen LogP contribution in [0.15, 0.2) is 24.3 Å². The number of amides is 1. The van der Waals surface area contributed by atoms with Gasteiger partial charge in [0.25, 0.3) is 0 Å². The molecule has 0 radical (unpaired) electrons. The van der Waals surface area contributed by atoms with Gasteiger partial charge in [-0.15, -0.1) is 0 Å². The Morgan fingerprint density at radius 3 is 2.22 bits per heavy atom. The molecule has 2 rings (SSSR count). The van der Waals surface area contributed by atoms with E-state index in [1.807, 2.05) is 24.3 Å². The number of unbranched alkanes of at least 4 members (excludes halogenated alkanes) is 9. The summed E-state index contributed by atoms with van der Waals surface area (Å²) in [5.41, 5.74) is 0.681. The van der Waals surface area contributed by atoms with Crippen LogP contribution < -0.4 is 10.1 Å². The van der Waals surface area contributed by atoms with E-state index in [2.05, 4.69) is 17.1 Å². The maximum atomic E-state index is 12.2. The average Bonchev–Trinajstić information content (AvgIpc) is 2.82. The van der Waals surface area contributed by atoms with Crippen molar-refractivity contribution in [1.82, 2.24) is 4.90 Å². The minimum atomic E-state index is -0.404. The summed E-state index contributed by atoms with van der Waals surface area (Å²) in [6.45, 7) is 6.75. The van der Waals surface area contributed by atoms with Crippen molar-refractivity contribution >= 4 is 11.8 Å². The quantitative estimate of drug-likeness (QED) is 0.253. The minimum absolute atomic E-state index is 0.404. The number of anilines is 1. The molecule has 0 aliphatic carbocycles. The first kappa shape index (κ1) is 26.5. The molecule has 1 aliphatic heterocycles. The predicted molar refractivity (Wildman–Crippen MR) is 134 cm³/mol. The second-order valence-electron chi connectivity index (χ2n) is 9.04.